The molecule has 1 rings (SSSR count). The predicted octanol–water partition coefficient (Wildman–Crippen LogP) is 7.00. The summed E-state index contributed by atoms with van der Waals surface area (Å²) in [7, 11) is 0. The summed E-state index contributed by atoms with van der Waals surface area (Å²) in [5.41, 5.74) is 1.52. The third kappa shape index (κ3) is 7.95. The van der Waals surface area contributed by atoms with Crippen molar-refractivity contribution in [2.45, 2.75) is 92.9 Å². The maximum Gasteiger partial charge on any atom is -0.0292 e. The van der Waals surface area contributed by atoms with Gasteiger partial charge in [-0.1, -0.05) is 79.4 Å². The van der Waals surface area contributed by atoms with Gasteiger partial charge in [0, 0.05) is 0 Å². The summed E-state index contributed by atoms with van der Waals surface area (Å²) >= 11 is 0. The Morgan fingerprint density at radius 1 is 1.00 bits per heavy atom. The summed E-state index contributed by atoms with van der Waals surface area (Å²) in [4.78, 5) is 0. The van der Waals surface area contributed by atoms with Gasteiger partial charge in [0.1, 0.15) is 0 Å². The molecule has 0 N–H and O–H groups in total. The van der Waals surface area contributed by atoms with Crippen molar-refractivity contribution >= 4 is 0 Å². The van der Waals surface area contributed by atoms with Crippen LogP contribution in [0.1, 0.15) is 92.9 Å². The highest BCUT2D eigenvalue weighted by Crippen LogP contribution is 2.38. The molecular weight excluding hydrogens is 216 g/mol. The predicted molar refractivity (Wildman–Crippen MR) is 87.1 cm³/mol. The third-order valence-electron chi connectivity index (χ3n) is 3.94. The van der Waals surface area contributed by atoms with Gasteiger partial charge in [-0.3, -0.25) is 0 Å². The first-order valence-electron chi connectivity index (χ1n) is 7.94. The highest BCUT2D eigenvalue weighted by molar-refractivity contribution is 5.01. The van der Waals surface area contributed by atoms with Crippen molar-refractivity contribution in [2.75, 3.05) is 0 Å². The van der Waals surface area contributed by atoms with Gasteiger partial charge in [0.15, 0.2) is 0 Å². The van der Waals surface area contributed by atoms with Gasteiger partial charge in [0.25, 0.3) is 0 Å². The minimum absolute atomic E-state index is 0. The molecule has 0 aromatic rings. The van der Waals surface area contributed by atoms with E-state index in [1.54, 1.807) is 0 Å². The zero-order valence-corrected chi connectivity index (χ0v) is 12.7. The number of hydrogen-bond acceptors (Lipinski definition) is 0. The Kier molecular flexibility index (Phi) is 14.7. The third-order valence-corrected chi connectivity index (χ3v) is 3.94. The van der Waals surface area contributed by atoms with Crippen LogP contribution in [0, 0.1) is 11.8 Å². The van der Waals surface area contributed by atoms with Gasteiger partial charge < -0.3 is 0 Å². The second-order valence-electron chi connectivity index (χ2n) is 5.30. The summed E-state index contributed by atoms with van der Waals surface area (Å²) in [6.07, 6.45) is 12.5. The Morgan fingerprint density at radius 3 is 2.00 bits per heavy atom. The molecule has 0 aromatic heterocycles. The molecule has 0 bridgehead atoms. The first-order chi connectivity index (χ1) is 8.27. The summed E-state index contributed by atoms with van der Waals surface area (Å²) in [5, 5.41) is 0. The second kappa shape index (κ2) is 13.2. The van der Waals surface area contributed by atoms with Crippen LogP contribution in [-0.4, -0.2) is 0 Å². The Labute approximate surface area is 117 Å². The summed E-state index contributed by atoms with van der Waals surface area (Å²) < 4.78 is 0. The molecule has 2 unspecified atom stereocenters. The molecule has 110 valence electrons. The SMILES string of the molecule is C.C=C1CCC(CCCC)C(CCCC)C1.CC. The Bertz CT molecular complexity index is 180. The fraction of sp³-hybridized carbons (Fsp3) is 0.889. The largest absolute Gasteiger partial charge is 0.0999 e. The molecule has 0 nitrogen and oxygen atoms in total. The van der Waals surface area contributed by atoms with Crippen molar-refractivity contribution in [1.29, 1.82) is 0 Å². The van der Waals surface area contributed by atoms with Crippen LogP contribution in [0.4, 0.5) is 0 Å². The van der Waals surface area contributed by atoms with Crippen LogP contribution in [-0.2, 0) is 0 Å². The Hall–Kier alpha value is -0.260. The molecule has 2 atom stereocenters. The normalized spacial score (nSPS) is 22.8. The van der Waals surface area contributed by atoms with Crippen molar-refractivity contribution in [1.82, 2.24) is 0 Å². The summed E-state index contributed by atoms with van der Waals surface area (Å²) in [6.45, 7) is 12.8. The molecule has 1 fully saturated rings. The zero-order valence-electron chi connectivity index (χ0n) is 12.7. The minimum Gasteiger partial charge on any atom is -0.0999 e. The lowest BCUT2D eigenvalue weighted by Crippen LogP contribution is -2.20. The van der Waals surface area contributed by atoms with Crippen molar-refractivity contribution < 1.29 is 0 Å². The van der Waals surface area contributed by atoms with Crippen LogP contribution in [0.25, 0.3) is 0 Å². The van der Waals surface area contributed by atoms with E-state index >= 15 is 0 Å². The van der Waals surface area contributed by atoms with E-state index < -0.39 is 0 Å². The van der Waals surface area contributed by atoms with Gasteiger partial charge >= 0.3 is 0 Å². The maximum absolute atomic E-state index is 4.19. The summed E-state index contributed by atoms with van der Waals surface area (Å²) in [6, 6.07) is 0. The average Bonchev–Trinajstić information content (AvgIpc) is 2.37. The van der Waals surface area contributed by atoms with Crippen LogP contribution >= 0.6 is 0 Å². The van der Waals surface area contributed by atoms with Crippen LogP contribution < -0.4 is 0 Å². The molecule has 0 heteroatoms. The number of hydrogen-bond donors (Lipinski definition) is 0. The fourth-order valence-electron chi connectivity index (χ4n) is 2.92. The Morgan fingerprint density at radius 2 is 1.50 bits per heavy atom. The molecule has 1 aliphatic carbocycles. The van der Waals surface area contributed by atoms with Crippen molar-refractivity contribution in [2.24, 2.45) is 11.8 Å². The quantitative estimate of drug-likeness (QED) is 0.447. The zero-order chi connectivity index (χ0) is 13.1. The maximum atomic E-state index is 4.19. The lowest BCUT2D eigenvalue weighted by molar-refractivity contribution is 0.237. The molecule has 1 aliphatic rings. The van der Waals surface area contributed by atoms with Crippen molar-refractivity contribution in [3.05, 3.63) is 12.2 Å². The van der Waals surface area contributed by atoms with E-state index in [1.807, 2.05) is 13.8 Å². The van der Waals surface area contributed by atoms with Crippen molar-refractivity contribution in [3.63, 3.8) is 0 Å². The lowest BCUT2D eigenvalue weighted by atomic mass is 9.73. The molecule has 0 aliphatic heterocycles. The highest BCUT2D eigenvalue weighted by atomic mass is 14.3. The monoisotopic (exact) mass is 254 g/mol. The number of unbranched alkanes of at least 4 members (excludes halogenated alkanes) is 2. The van der Waals surface area contributed by atoms with E-state index in [4.69, 9.17) is 0 Å². The van der Waals surface area contributed by atoms with Gasteiger partial charge in [0.05, 0.1) is 0 Å². The van der Waals surface area contributed by atoms with Crippen LogP contribution in [0.2, 0.25) is 0 Å². The fourth-order valence-corrected chi connectivity index (χ4v) is 2.92. The average molecular weight is 255 g/mol. The second-order valence-corrected chi connectivity index (χ2v) is 5.30. The molecule has 18 heavy (non-hydrogen) atoms. The highest BCUT2D eigenvalue weighted by Gasteiger charge is 2.25. The van der Waals surface area contributed by atoms with Gasteiger partial charge in [-0.05, 0) is 37.5 Å². The van der Waals surface area contributed by atoms with Gasteiger partial charge in [-0.25, -0.2) is 0 Å². The van der Waals surface area contributed by atoms with E-state index in [-0.39, 0.29) is 7.43 Å². The molecule has 0 spiro atoms. The molecule has 0 heterocycles. The van der Waals surface area contributed by atoms with E-state index in [9.17, 15) is 0 Å². The minimum atomic E-state index is 0. The van der Waals surface area contributed by atoms with E-state index in [1.165, 1.54) is 63.4 Å². The van der Waals surface area contributed by atoms with Gasteiger partial charge in [0.2, 0.25) is 0 Å². The van der Waals surface area contributed by atoms with Crippen molar-refractivity contribution in [3.8, 4) is 0 Å². The van der Waals surface area contributed by atoms with E-state index in [0.29, 0.717) is 0 Å². The van der Waals surface area contributed by atoms with Crippen LogP contribution in [0.3, 0.4) is 0 Å². The molecule has 0 saturated heterocycles. The number of allylic oxidation sites excluding steroid dienone is 1. The van der Waals surface area contributed by atoms with Gasteiger partial charge in [-0.2, -0.15) is 0 Å². The smallest absolute Gasteiger partial charge is 0.0292 e. The van der Waals surface area contributed by atoms with E-state index in [2.05, 4.69) is 20.4 Å². The molecule has 0 radical (unpaired) electrons. The van der Waals surface area contributed by atoms with Gasteiger partial charge in [-0.15, -0.1) is 0 Å². The topological polar surface area (TPSA) is 0 Å². The van der Waals surface area contributed by atoms with E-state index in [0.717, 1.165) is 11.8 Å². The summed E-state index contributed by atoms with van der Waals surface area (Å²) in [5.74, 6) is 1.99. The molecular formula is C18H38. The molecule has 0 amide bonds. The molecule has 1 saturated carbocycles. The first-order valence-corrected chi connectivity index (χ1v) is 7.94. The first kappa shape index (κ1) is 20.1. The number of rotatable bonds is 6. The van der Waals surface area contributed by atoms with Crippen LogP contribution in [0.15, 0.2) is 12.2 Å². The molecule has 0 aromatic carbocycles. The standard InChI is InChI=1S/C15H28.C2H6.CH4/c1-4-6-8-14-11-10-13(3)12-15(14)9-7-5-2;1-2;/h14-15H,3-12H2,1-2H3;1-2H3;1H4. The van der Waals surface area contributed by atoms with Crippen LogP contribution in [0.5, 0.6) is 0 Å². The lowest BCUT2D eigenvalue weighted by Gasteiger charge is -2.33. The Balaban J connectivity index is 0.